The molecule has 31 heavy (non-hydrogen) atoms. The minimum Gasteiger partial charge on any atom is -0.497 e. The Morgan fingerprint density at radius 3 is 2.48 bits per heavy atom. The first-order chi connectivity index (χ1) is 14.8. The average molecular weight is 427 g/mol. The molecule has 2 rings (SSSR count). The summed E-state index contributed by atoms with van der Waals surface area (Å²) in [5.41, 5.74) is 2.97. The van der Waals surface area contributed by atoms with E-state index in [2.05, 4.69) is 5.32 Å². The number of nitrogens with one attached hydrogen (secondary N) is 1. The van der Waals surface area contributed by atoms with E-state index in [1.54, 1.807) is 18.9 Å². The number of carbonyl (C=O) groups excluding carboxylic acids is 2. The molecule has 0 aromatic heterocycles. The van der Waals surface area contributed by atoms with Gasteiger partial charge in [-0.05, 0) is 69.0 Å². The van der Waals surface area contributed by atoms with Crippen molar-refractivity contribution in [3.8, 4) is 11.5 Å². The van der Waals surface area contributed by atoms with Crippen LogP contribution in [0, 0.1) is 13.8 Å². The molecule has 2 unspecified atom stereocenters. The van der Waals surface area contributed by atoms with E-state index in [1.165, 1.54) is 0 Å². The lowest BCUT2D eigenvalue weighted by atomic mass is 10.1. The molecule has 1 N–H and O–H groups in total. The second-order valence-corrected chi connectivity index (χ2v) is 7.85. The van der Waals surface area contributed by atoms with Gasteiger partial charge in [0.05, 0.1) is 7.11 Å². The van der Waals surface area contributed by atoms with Crippen molar-refractivity contribution in [1.29, 1.82) is 0 Å². The average Bonchev–Trinajstić information content (AvgIpc) is 2.77. The molecule has 0 fully saturated rings. The van der Waals surface area contributed by atoms with E-state index < -0.39 is 6.04 Å². The van der Waals surface area contributed by atoms with E-state index in [1.807, 2.05) is 70.2 Å². The lowest BCUT2D eigenvalue weighted by Crippen LogP contribution is -2.50. The number of hydrogen-bond donors (Lipinski definition) is 1. The molecule has 0 aliphatic heterocycles. The monoisotopic (exact) mass is 426 g/mol. The van der Waals surface area contributed by atoms with Gasteiger partial charge < -0.3 is 19.7 Å². The number of rotatable bonds is 10. The van der Waals surface area contributed by atoms with Gasteiger partial charge in [0.25, 0.3) is 5.91 Å². The number of amides is 2. The fraction of sp³-hybridized carbons (Fsp3) is 0.440. The summed E-state index contributed by atoms with van der Waals surface area (Å²) in [6.45, 7) is 9.80. The maximum Gasteiger partial charge on any atom is 0.261 e. The van der Waals surface area contributed by atoms with Crippen LogP contribution in [0.1, 0.15) is 43.9 Å². The Balaban J connectivity index is 2.21. The molecule has 2 aromatic rings. The van der Waals surface area contributed by atoms with Crippen molar-refractivity contribution >= 4 is 11.8 Å². The van der Waals surface area contributed by atoms with Crippen molar-refractivity contribution < 1.29 is 19.1 Å². The molecule has 0 radical (unpaired) electrons. The van der Waals surface area contributed by atoms with Crippen LogP contribution >= 0.6 is 0 Å². The van der Waals surface area contributed by atoms with Gasteiger partial charge in [0.1, 0.15) is 17.5 Å². The smallest absolute Gasteiger partial charge is 0.261 e. The zero-order valence-electron chi connectivity index (χ0n) is 19.4. The van der Waals surface area contributed by atoms with E-state index >= 15 is 0 Å². The largest absolute Gasteiger partial charge is 0.497 e. The minimum atomic E-state index is -0.644. The molecule has 0 spiro atoms. The van der Waals surface area contributed by atoms with E-state index in [9.17, 15) is 9.59 Å². The van der Waals surface area contributed by atoms with E-state index in [4.69, 9.17) is 9.47 Å². The molecule has 0 saturated heterocycles. The Morgan fingerprint density at radius 1 is 1.10 bits per heavy atom. The summed E-state index contributed by atoms with van der Waals surface area (Å²) in [6, 6.07) is 12.6. The van der Waals surface area contributed by atoms with Gasteiger partial charge in [-0.1, -0.05) is 31.2 Å². The number of nitrogens with zero attached hydrogens (tertiary/aromatic N) is 1. The highest BCUT2D eigenvalue weighted by molar-refractivity contribution is 5.88. The predicted molar refractivity (Wildman–Crippen MR) is 122 cm³/mol. The van der Waals surface area contributed by atoms with Gasteiger partial charge in [-0.15, -0.1) is 0 Å². The highest BCUT2D eigenvalue weighted by Crippen LogP contribution is 2.21. The highest BCUT2D eigenvalue weighted by Gasteiger charge is 2.27. The second-order valence-electron chi connectivity index (χ2n) is 7.85. The number of carbonyl (C=O) groups is 2. The lowest BCUT2D eigenvalue weighted by Gasteiger charge is -2.29. The topological polar surface area (TPSA) is 67.9 Å². The third-order valence-corrected chi connectivity index (χ3v) is 5.56. The molecule has 0 heterocycles. The van der Waals surface area contributed by atoms with Crippen LogP contribution in [0.3, 0.4) is 0 Å². The van der Waals surface area contributed by atoms with Crippen LogP contribution in [0.4, 0.5) is 0 Å². The van der Waals surface area contributed by atoms with Crippen LogP contribution in [0.2, 0.25) is 0 Å². The number of ether oxygens (including phenoxy) is 2. The van der Waals surface area contributed by atoms with Crippen LogP contribution in [-0.2, 0) is 16.1 Å². The second kappa shape index (κ2) is 11.4. The quantitative estimate of drug-likeness (QED) is 0.623. The summed E-state index contributed by atoms with van der Waals surface area (Å²) < 4.78 is 11.1. The third kappa shape index (κ3) is 6.74. The fourth-order valence-electron chi connectivity index (χ4n) is 3.12. The molecule has 0 bridgehead atoms. The van der Waals surface area contributed by atoms with Crippen LogP contribution in [0.25, 0.3) is 0 Å². The van der Waals surface area contributed by atoms with Crippen molar-refractivity contribution in [3.63, 3.8) is 0 Å². The van der Waals surface area contributed by atoms with E-state index in [-0.39, 0.29) is 31.0 Å². The normalized spacial score (nSPS) is 12.6. The molecule has 0 aliphatic rings. The van der Waals surface area contributed by atoms with Gasteiger partial charge in [0.2, 0.25) is 5.91 Å². The number of aryl methyl sites for hydroxylation is 1. The molecule has 0 aliphatic carbocycles. The molecular formula is C25H34N2O4. The van der Waals surface area contributed by atoms with Crippen molar-refractivity contribution in [2.45, 2.75) is 59.7 Å². The Morgan fingerprint density at radius 2 is 1.81 bits per heavy atom. The summed E-state index contributed by atoms with van der Waals surface area (Å²) >= 11 is 0. The molecule has 6 nitrogen and oxygen atoms in total. The standard InChI is InChI=1S/C25H34N2O4/c1-7-18(3)26-25(29)20(5)27(15-21-11-9-12-22(14-21)30-6)24(28)16-31-23-13-8-10-17(2)19(23)4/h8-14,18,20H,7,15-16H2,1-6H3,(H,26,29). The van der Waals surface area contributed by atoms with E-state index in [0.717, 1.165) is 23.1 Å². The number of hydrogen-bond acceptors (Lipinski definition) is 4. The van der Waals surface area contributed by atoms with Crippen molar-refractivity contribution in [3.05, 3.63) is 59.2 Å². The maximum atomic E-state index is 13.2. The van der Waals surface area contributed by atoms with Crippen LogP contribution in [0.15, 0.2) is 42.5 Å². The zero-order valence-corrected chi connectivity index (χ0v) is 19.4. The Labute approximate surface area is 185 Å². The molecule has 2 aromatic carbocycles. The predicted octanol–water partition coefficient (Wildman–Crippen LogP) is 4.02. The molecular weight excluding hydrogens is 392 g/mol. The molecule has 0 saturated carbocycles. The third-order valence-electron chi connectivity index (χ3n) is 5.56. The molecule has 6 heteroatoms. The summed E-state index contributed by atoms with van der Waals surface area (Å²) in [4.78, 5) is 27.5. The van der Waals surface area contributed by atoms with Crippen LogP contribution in [0.5, 0.6) is 11.5 Å². The van der Waals surface area contributed by atoms with Crippen LogP contribution < -0.4 is 14.8 Å². The minimum absolute atomic E-state index is 0.0370. The van der Waals surface area contributed by atoms with E-state index in [0.29, 0.717) is 11.5 Å². The van der Waals surface area contributed by atoms with Gasteiger partial charge >= 0.3 is 0 Å². The number of methoxy groups -OCH3 is 1. The first-order valence-electron chi connectivity index (χ1n) is 10.7. The Bertz CT molecular complexity index is 897. The molecule has 2 atom stereocenters. The first-order valence-corrected chi connectivity index (χ1v) is 10.7. The highest BCUT2D eigenvalue weighted by atomic mass is 16.5. The van der Waals surface area contributed by atoms with Gasteiger partial charge in [0.15, 0.2) is 6.61 Å². The van der Waals surface area contributed by atoms with Gasteiger partial charge in [-0.25, -0.2) is 0 Å². The molecule has 168 valence electrons. The Kier molecular flexibility index (Phi) is 8.91. The Hall–Kier alpha value is -3.02. The van der Waals surface area contributed by atoms with Gasteiger partial charge in [-0.2, -0.15) is 0 Å². The number of benzene rings is 2. The van der Waals surface area contributed by atoms with Crippen molar-refractivity contribution in [2.75, 3.05) is 13.7 Å². The summed E-state index contributed by atoms with van der Waals surface area (Å²) in [5.74, 6) is 0.937. The fourth-order valence-corrected chi connectivity index (χ4v) is 3.12. The summed E-state index contributed by atoms with van der Waals surface area (Å²) in [7, 11) is 1.60. The summed E-state index contributed by atoms with van der Waals surface area (Å²) in [5, 5.41) is 2.97. The molecule has 2 amide bonds. The van der Waals surface area contributed by atoms with Gasteiger partial charge in [-0.3, -0.25) is 9.59 Å². The van der Waals surface area contributed by atoms with Crippen molar-refractivity contribution in [1.82, 2.24) is 10.2 Å². The first kappa shape index (κ1) is 24.3. The van der Waals surface area contributed by atoms with Crippen molar-refractivity contribution in [2.24, 2.45) is 0 Å². The van der Waals surface area contributed by atoms with Gasteiger partial charge in [0, 0.05) is 12.6 Å². The lowest BCUT2D eigenvalue weighted by molar-refractivity contribution is -0.142. The maximum absolute atomic E-state index is 13.2. The van der Waals surface area contributed by atoms with Crippen LogP contribution in [-0.4, -0.2) is 42.5 Å². The summed E-state index contributed by atoms with van der Waals surface area (Å²) in [6.07, 6.45) is 0.817. The zero-order chi connectivity index (χ0) is 23.0. The SMILES string of the molecule is CCC(C)NC(=O)C(C)N(Cc1cccc(OC)c1)C(=O)COc1cccc(C)c1C.